The largest absolute Gasteiger partial charge is 0.418 e. The standard InChI is InChI=1S/C25H24F3N4O3P/c1-24(2,3)16-7-9-17(10-8-16)30-23-18-11-6-15(22-19(25(26,27)28)5-4-12-29-22)13-20(18)31-21(32-23)14-36(33,34)35/h4-13H,14H2,1-3H3,(H,30,31,32)(H2,33,34,35). The van der Waals surface area contributed by atoms with Gasteiger partial charge in [-0.25, -0.2) is 9.97 Å². The van der Waals surface area contributed by atoms with Crippen molar-refractivity contribution in [3.05, 3.63) is 77.7 Å². The molecule has 2 aromatic heterocycles. The lowest BCUT2D eigenvalue weighted by Crippen LogP contribution is -2.10. The van der Waals surface area contributed by atoms with Crippen LogP contribution in [0.15, 0.2) is 60.8 Å². The van der Waals surface area contributed by atoms with Crippen molar-refractivity contribution in [2.45, 2.75) is 38.5 Å². The van der Waals surface area contributed by atoms with Gasteiger partial charge in [-0.2, -0.15) is 13.2 Å². The molecule has 0 atom stereocenters. The number of pyridine rings is 1. The van der Waals surface area contributed by atoms with Crippen molar-refractivity contribution in [3.8, 4) is 11.3 Å². The van der Waals surface area contributed by atoms with Gasteiger partial charge in [-0.1, -0.05) is 39.0 Å². The Labute approximate surface area is 205 Å². The number of nitrogens with zero attached hydrogens (tertiary/aromatic N) is 3. The Morgan fingerprint density at radius 2 is 1.67 bits per heavy atom. The van der Waals surface area contributed by atoms with Crippen LogP contribution in [0.4, 0.5) is 24.7 Å². The third-order valence-electron chi connectivity index (χ3n) is 5.49. The van der Waals surface area contributed by atoms with E-state index >= 15 is 0 Å². The van der Waals surface area contributed by atoms with Gasteiger partial charge in [-0.15, -0.1) is 0 Å². The lowest BCUT2D eigenvalue weighted by atomic mass is 9.87. The van der Waals surface area contributed by atoms with E-state index in [-0.39, 0.29) is 33.8 Å². The van der Waals surface area contributed by atoms with Crippen LogP contribution in [-0.4, -0.2) is 24.7 Å². The second-order valence-electron chi connectivity index (χ2n) is 9.39. The summed E-state index contributed by atoms with van der Waals surface area (Å²) in [6.07, 6.45) is -4.06. The van der Waals surface area contributed by atoms with Crippen LogP contribution in [-0.2, 0) is 22.3 Å². The smallest absolute Gasteiger partial charge is 0.340 e. The SMILES string of the molecule is CC(C)(C)c1ccc(Nc2nc(CP(=O)(O)O)nc3cc(-c4ncccc4C(F)(F)F)ccc23)cc1. The van der Waals surface area contributed by atoms with Gasteiger partial charge in [0.2, 0.25) is 0 Å². The summed E-state index contributed by atoms with van der Waals surface area (Å²) in [6, 6.07) is 14.2. The third-order valence-corrected chi connectivity index (χ3v) is 6.19. The molecule has 36 heavy (non-hydrogen) atoms. The fraction of sp³-hybridized carbons (Fsp3) is 0.240. The summed E-state index contributed by atoms with van der Waals surface area (Å²) in [6.45, 7) is 6.27. The van der Waals surface area contributed by atoms with Gasteiger partial charge in [-0.3, -0.25) is 9.55 Å². The maximum Gasteiger partial charge on any atom is 0.418 e. The molecule has 3 N–H and O–H groups in total. The number of nitrogens with one attached hydrogen (secondary N) is 1. The van der Waals surface area contributed by atoms with Crippen molar-refractivity contribution in [3.63, 3.8) is 0 Å². The molecule has 0 aliphatic heterocycles. The zero-order valence-electron chi connectivity index (χ0n) is 19.7. The van der Waals surface area contributed by atoms with E-state index in [0.717, 1.165) is 11.6 Å². The van der Waals surface area contributed by atoms with E-state index in [9.17, 15) is 27.5 Å². The number of halogens is 3. The fourth-order valence-corrected chi connectivity index (χ4v) is 4.24. The quantitative estimate of drug-likeness (QED) is 0.262. The summed E-state index contributed by atoms with van der Waals surface area (Å²) in [7, 11) is -4.51. The van der Waals surface area contributed by atoms with E-state index in [1.807, 2.05) is 24.3 Å². The molecule has 188 valence electrons. The van der Waals surface area contributed by atoms with Crippen LogP contribution in [0.3, 0.4) is 0 Å². The van der Waals surface area contributed by atoms with Crippen LogP contribution in [0.1, 0.15) is 37.7 Å². The number of hydrogen-bond acceptors (Lipinski definition) is 5. The number of benzene rings is 2. The molecule has 0 spiro atoms. The summed E-state index contributed by atoms with van der Waals surface area (Å²) >= 11 is 0. The number of rotatable bonds is 5. The number of fused-ring (bicyclic) bond motifs is 1. The summed E-state index contributed by atoms with van der Waals surface area (Å²) < 4.78 is 52.3. The van der Waals surface area contributed by atoms with Gasteiger partial charge in [-0.05, 0) is 47.4 Å². The topological polar surface area (TPSA) is 108 Å². The first kappa shape index (κ1) is 25.8. The zero-order valence-corrected chi connectivity index (χ0v) is 20.6. The van der Waals surface area contributed by atoms with Crippen LogP contribution in [0, 0.1) is 0 Å². The molecule has 0 aliphatic rings. The van der Waals surface area contributed by atoms with Crippen molar-refractivity contribution in [2.75, 3.05) is 5.32 Å². The molecule has 0 fully saturated rings. The van der Waals surface area contributed by atoms with Crippen LogP contribution in [0.2, 0.25) is 0 Å². The molecule has 0 radical (unpaired) electrons. The van der Waals surface area contributed by atoms with Gasteiger partial charge in [0.05, 0.1) is 16.8 Å². The maximum absolute atomic E-state index is 13.5. The zero-order chi connectivity index (χ0) is 26.3. The Bertz CT molecular complexity index is 1460. The Morgan fingerprint density at radius 3 is 2.28 bits per heavy atom. The summed E-state index contributed by atoms with van der Waals surface area (Å²) in [5, 5.41) is 3.62. The molecule has 0 bridgehead atoms. The van der Waals surface area contributed by atoms with Crippen LogP contribution in [0.25, 0.3) is 22.2 Å². The molecule has 0 amide bonds. The summed E-state index contributed by atoms with van der Waals surface area (Å²) in [4.78, 5) is 31.4. The van der Waals surface area contributed by atoms with Gasteiger partial charge < -0.3 is 15.1 Å². The van der Waals surface area contributed by atoms with Gasteiger partial charge in [0, 0.05) is 22.8 Å². The van der Waals surface area contributed by atoms with Crippen LogP contribution < -0.4 is 5.32 Å². The molecule has 0 unspecified atom stereocenters. The lowest BCUT2D eigenvalue weighted by molar-refractivity contribution is -0.137. The van der Waals surface area contributed by atoms with Crippen molar-refractivity contribution < 1.29 is 27.5 Å². The number of alkyl halides is 3. The molecule has 4 aromatic rings. The highest BCUT2D eigenvalue weighted by Crippen LogP contribution is 2.40. The Balaban J connectivity index is 1.83. The predicted octanol–water partition coefficient (Wildman–Crippen LogP) is 6.43. The average molecular weight is 516 g/mol. The Morgan fingerprint density at radius 1 is 0.972 bits per heavy atom. The minimum absolute atomic E-state index is 0.0478. The van der Waals surface area contributed by atoms with E-state index in [2.05, 4.69) is 41.0 Å². The second kappa shape index (κ2) is 9.28. The van der Waals surface area contributed by atoms with Gasteiger partial charge in [0.15, 0.2) is 0 Å². The predicted molar refractivity (Wildman–Crippen MR) is 132 cm³/mol. The monoisotopic (exact) mass is 516 g/mol. The van der Waals surface area contributed by atoms with Crippen LogP contribution in [0.5, 0.6) is 0 Å². The first-order chi connectivity index (χ1) is 16.7. The highest BCUT2D eigenvalue weighted by atomic mass is 31.2. The summed E-state index contributed by atoms with van der Waals surface area (Å²) in [5.41, 5.74) is 0.964. The molecule has 0 saturated heterocycles. The first-order valence-corrected chi connectivity index (χ1v) is 12.8. The molecule has 2 aromatic carbocycles. The summed E-state index contributed by atoms with van der Waals surface area (Å²) in [5.74, 6) is 0.134. The fourth-order valence-electron chi connectivity index (χ4n) is 3.73. The minimum atomic E-state index is -4.61. The van der Waals surface area contributed by atoms with Crippen LogP contribution >= 0.6 is 7.60 Å². The molecule has 11 heteroatoms. The molecule has 7 nitrogen and oxygen atoms in total. The van der Waals surface area contributed by atoms with Crippen molar-refractivity contribution >= 4 is 30.0 Å². The number of aromatic nitrogens is 3. The van der Waals surface area contributed by atoms with E-state index < -0.39 is 25.5 Å². The van der Waals surface area contributed by atoms with Gasteiger partial charge in [0.25, 0.3) is 0 Å². The van der Waals surface area contributed by atoms with Gasteiger partial charge in [0.1, 0.15) is 17.8 Å². The molecule has 0 saturated carbocycles. The van der Waals surface area contributed by atoms with E-state index in [1.54, 1.807) is 6.07 Å². The first-order valence-electron chi connectivity index (χ1n) is 11.0. The molecule has 4 rings (SSSR count). The number of anilines is 2. The average Bonchev–Trinajstić information content (AvgIpc) is 2.77. The highest BCUT2D eigenvalue weighted by Gasteiger charge is 2.34. The van der Waals surface area contributed by atoms with E-state index in [1.165, 1.54) is 24.4 Å². The van der Waals surface area contributed by atoms with Crippen molar-refractivity contribution in [1.82, 2.24) is 15.0 Å². The Hall–Kier alpha value is -3.33. The second-order valence-corrected chi connectivity index (χ2v) is 11.0. The lowest BCUT2D eigenvalue weighted by Gasteiger charge is -2.19. The van der Waals surface area contributed by atoms with E-state index in [0.29, 0.717) is 11.1 Å². The number of hydrogen-bond donors (Lipinski definition) is 3. The highest BCUT2D eigenvalue weighted by molar-refractivity contribution is 7.50. The third kappa shape index (κ3) is 5.90. The Kier molecular flexibility index (Phi) is 6.64. The van der Waals surface area contributed by atoms with E-state index in [4.69, 9.17) is 0 Å². The van der Waals surface area contributed by atoms with Crippen molar-refractivity contribution in [1.29, 1.82) is 0 Å². The van der Waals surface area contributed by atoms with Crippen molar-refractivity contribution in [2.24, 2.45) is 0 Å². The minimum Gasteiger partial charge on any atom is -0.340 e. The molecule has 2 heterocycles. The maximum atomic E-state index is 13.5. The molecule has 0 aliphatic carbocycles. The normalized spacial score (nSPS) is 12.7. The molecular weight excluding hydrogens is 492 g/mol. The molecular formula is C25H24F3N4O3P. The van der Waals surface area contributed by atoms with Gasteiger partial charge >= 0.3 is 13.8 Å².